The summed E-state index contributed by atoms with van der Waals surface area (Å²) in [5, 5.41) is 12.1. The number of benzene rings is 3. The van der Waals surface area contributed by atoms with E-state index in [2.05, 4.69) is 58.0 Å². The van der Waals surface area contributed by atoms with E-state index >= 15 is 0 Å². The third-order valence-electron chi connectivity index (χ3n) is 6.59. The van der Waals surface area contributed by atoms with E-state index in [1.807, 2.05) is 37.3 Å². The van der Waals surface area contributed by atoms with Crippen molar-refractivity contribution < 1.29 is 31.4 Å². The monoisotopic (exact) mass is 506 g/mol. The zero-order chi connectivity index (χ0) is 22.0. The largest absolute Gasteiger partial charge is 1.00 e. The summed E-state index contributed by atoms with van der Waals surface area (Å²) in [5.41, 5.74) is 3.20. The van der Waals surface area contributed by atoms with Gasteiger partial charge >= 0.3 is 0 Å². The van der Waals surface area contributed by atoms with Crippen LogP contribution in [-0.4, -0.2) is 35.2 Å². The highest BCUT2D eigenvalue weighted by Crippen LogP contribution is 2.39. The van der Waals surface area contributed by atoms with Gasteiger partial charge in [-0.05, 0) is 73.7 Å². The molecule has 172 valence electrons. The van der Waals surface area contributed by atoms with Crippen LogP contribution in [0.5, 0.6) is 5.75 Å². The summed E-state index contributed by atoms with van der Waals surface area (Å²) in [6.07, 6.45) is 4.55. The number of ether oxygens (including phenoxy) is 1. The van der Waals surface area contributed by atoms with Gasteiger partial charge in [-0.25, -0.2) is 0 Å². The van der Waals surface area contributed by atoms with Crippen molar-refractivity contribution in [3.63, 3.8) is 0 Å². The number of hydrogen-bond donors (Lipinski definition) is 1. The lowest BCUT2D eigenvalue weighted by atomic mass is 9.99. The van der Waals surface area contributed by atoms with E-state index in [-0.39, 0.29) is 17.0 Å². The van der Waals surface area contributed by atoms with Crippen LogP contribution in [0.1, 0.15) is 38.2 Å². The summed E-state index contributed by atoms with van der Waals surface area (Å²) >= 11 is 0. The Kier molecular flexibility index (Phi) is 7.20. The predicted octanol–water partition coefficient (Wildman–Crippen LogP) is 2.41. The van der Waals surface area contributed by atoms with Crippen molar-refractivity contribution in [1.82, 2.24) is 0 Å². The first-order valence-electron chi connectivity index (χ1n) is 11.7. The summed E-state index contributed by atoms with van der Waals surface area (Å²) in [5.74, 6) is 2.06. The van der Waals surface area contributed by atoms with Gasteiger partial charge in [0, 0.05) is 12.0 Å². The molecular formula is C28H31BrN2O2. The fourth-order valence-electron chi connectivity index (χ4n) is 5.02. The maximum Gasteiger partial charge on any atom is 0.275 e. The number of amidine groups is 1. The quantitative estimate of drug-likeness (QED) is 0.539. The lowest BCUT2D eigenvalue weighted by Crippen LogP contribution is -3.00. The Balaban J connectivity index is 0.00000259. The molecule has 0 aromatic heterocycles. The zero-order valence-corrected chi connectivity index (χ0v) is 20.7. The molecule has 0 spiro atoms. The summed E-state index contributed by atoms with van der Waals surface area (Å²) in [6, 6.07) is 26.9. The number of rotatable bonds is 5. The molecule has 0 saturated heterocycles. The van der Waals surface area contributed by atoms with Crippen molar-refractivity contribution in [2.24, 2.45) is 0 Å². The molecule has 0 radical (unpaired) electrons. The summed E-state index contributed by atoms with van der Waals surface area (Å²) in [4.78, 5) is 2.17. The minimum Gasteiger partial charge on any atom is -1.00 e. The molecule has 1 atom stereocenters. The first-order chi connectivity index (χ1) is 15.7. The van der Waals surface area contributed by atoms with E-state index in [9.17, 15) is 5.11 Å². The van der Waals surface area contributed by atoms with Crippen molar-refractivity contribution in [1.29, 1.82) is 0 Å². The molecule has 1 N–H and O–H groups in total. The average molecular weight is 507 g/mol. The summed E-state index contributed by atoms with van der Waals surface area (Å²) in [6.45, 7) is 4.19. The van der Waals surface area contributed by atoms with E-state index in [1.54, 1.807) is 0 Å². The van der Waals surface area contributed by atoms with Crippen LogP contribution in [0.3, 0.4) is 0 Å². The highest BCUT2D eigenvalue weighted by molar-refractivity contribution is 5.97. The van der Waals surface area contributed by atoms with Gasteiger partial charge in [-0.1, -0.05) is 42.5 Å². The fraction of sp³-hybridized carbons (Fsp3) is 0.321. The predicted molar refractivity (Wildman–Crippen MR) is 129 cm³/mol. The SMILES string of the molecule is CCOc1ccc(C2(O)C[N+]3=C(CCCCC3)N2c2ccc(-c3ccccc3)cc2)cc1.[Br-]. The Morgan fingerprint density at radius 1 is 0.879 bits per heavy atom. The molecule has 0 saturated carbocycles. The molecule has 0 aliphatic carbocycles. The first kappa shape index (κ1) is 23.5. The Labute approximate surface area is 206 Å². The molecule has 5 rings (SSSR count). The van der Waals surface area contributed by atoms with Gasteiger partial charge in [-0.3, -0.25) is 4.58 Å². The molecule has 0 amide bonds. The number of hydrogen-bond acceptors (Lipinski definition) is 3. The highest BCUT2D eigenvalue weighted by Gasteiger charge is 2.54. The van der Waals surface area contributed by atoms with E-state index in [1.165, 1.54) is 29.8 Å². The van der Waals surface area contributed by atoms with Crippen LogP contribution < -0.4 is 26.6 Å². The minimum atomic E-state index is -1.11. The molecule has 33 heavy (non-hydrogen) atoms. The molecule has 5 heteroatoms. The van der Waals surface area contributed by atoms with Crippen LogP contribution in [0.25, 0.3) is 11.1 Å². The van der Waals surface area contributed by atoms with Gasteiger partial charge in [-0.15, -0.1) is 0 Å². The van der Waals surface area contributed by atoms with Crippen LogP contribution in [0.2, 0.25) is 0 Å². The molecule has 2 heterocycles. The molecule has 1 unspecified atom stereocenters. The maximum absolute atomic E-state index is 12.1. The first-order valence-corrected chi connectivity index (χ1v) is 11.7. The molecule has 2 aliphatic heterocycles. The van der Waals surface area contributed by atoms with Crippen LogP contribution in [0.4, 0.5) is 5.69 Å². The van der Waals surface area contributed by atoms with E-state index in [0.717, 1.165) is 36.4 Å². The molecule has 0 bridgehead atoms. The van der Waals surface area contributed by atoms with Crippen LogP contribution in [0.15, 0.2) is 78.9 Å². The molecule has 4 nitrogen and oxygen atoms in total. The van der Waals surface area contributed by atoms with Gasteiger partial charge < -0.3 is 26.8 Å². The molecule has 0 fully saturated rings. The van der Waals surface area contributed by atoms with Gasteiger partial charge in [0.1, 0.15) is 11.4 Å². The van der Waals surface area contributed by atoms with Gasteiger partial charge in [0.2, 0.25) is 0 Å². The minimum absolute atomic E-state index is 0. The molecule has 2 aliphatic rings. The van der Waals surface area contributed by atoms with E-state index in [0.29, 0.717) is 13.2 Å². The zero-order valence-electron chi connectivity index (χ0n) is 19.1. The maximum atomic E-state index is 12.1. The summed E-state index contributed by atoms with van der Waals surface area (Å²) in [7, 11) is 0. The topological polar surface area (TPSA) is 35.7 Å². The lowest BCUT2D eigenvalue weighted by Gasteiger charge is -2.29. The van der Waals surface area contributed by atoms with Crippen molar-refractivity contribution in [2.75, 3.05) is 24.6 Å². The second kappa shape index (κ2) is 10.1. The van der Waals surface area contributed by atoms with Crippen molar-refractivity contribution in [3.8, 4) is 16.9 Å². The van der Waals surface area contributed by atoms with Crippen molar-refractivity contribution in [2.45, 2.75) is 38.3 Å². The lowest BCUT2D eigenvalue weighted by molar-refractivity contribution is -0.534. The van der Waals surface area contributed by atoms with E-state index < -0.39 is 5.72 Å². The van der Waals surface area contributed by atoms with Gasteiger partial charge in [0.15, 0.2) is 6.54 Å². The second-order valence-electron chi connectivity index (χ2n) is 8.67. The highest BCUT2D eigenvalue weighted by atomic mass is 79.9. The van der Waals surface area contributed by atoms with Crippen molar-refractivity contribution in [3.05, 3.63) is 84.4 Å². The second-order valence-corrected chi connectivity index (χ2v) is 8.67. The Morgan fingerprint density at radius 2 is 1.58 bits per heavy atom. The molecule has 3 aromatic rings. The van der Waals surface area contributed by atoms with Crippen LogP contribution >= 0.6 is 0 Å². The summed E-state index contributed by atoms with van der Waals surface area (Å²) < 4.78 is 8.01. The third kappa shape index (κ3) is 4.57. The van der Waals surface area contributed by atoms with Gasteiger partial charge in [0.05, 0.1) is 13.2 Å². The number of halogens is 1. The van der Waals surface area contributed by atoms with Crippen LogP contribution in [0, 0.1) is 0 Å². The van der Waals surface area contributed by atoms with Gasteiger partial charge in [0.25, 0.3) is 11.6 Å². The van der Waals surface area contributed by atoms with Crippen molar-refractivity contribution >= 4 is 11.5 Å². The molecule has 3 aromatic carbocycles. The van der Waals surface area contributed by atoms with E-state index in [4.69, 9.17) is 4.74 Å². The fourth-order valence-corrected chi connectivity index (χ4v) is 5.02. The number of aliphatic hydroxyl groups is 1. The van der Waals surface area contributed by atoms with Crippen LogP contribution in [-0.2, 0) is 5.72 Å². The van der Waals surface area contributed by atoms with Gasteiger partial charge in [-0.2, -0.15) is 4.90 Å². The average Bonchev–Trinajstić information content (AvgIpc) is 2.95. The Bertz CT molecular complexity index is 1100. The number of anilines is 1. The Morgan fingerprint density at radius 3 is 2.27 bits per heavy atom. The smallest absolute Gasteiger partial charge is 0.275 e. The molecular weight excluding hydrogens is 476 g/mol. The Hall–Kier alpha value is -2.63. The third-order valence-corrected chi connectivity index (χ3v) is 6.59. The number of nitrogens with zero attached hydrogens (tertiary/aromatic N) is 2. The standard InChI is InChI=1S/C28H31N2O2.BrH/c1-2-32-26-18-14-24(15-19-26)28(31)21-29-20-8-4-7-11-27(29)30(28)25-16-12-23(13-17-25)22-9-5-3-6-10-22;/h3,5-6,9-10,12-19,31H,2,4,7-8,11,20-21H2,1H3;1H/q+1;/p-1. The normalized spacial score (nSPS) is 20.1.